The van der Waals surface area contributed by atoms with Crippen molar-refractivity contribution in [3.8, 4) is 5.75 Å². The minimum Gasteiger partial charge on any atom is -0.495 e. The Hall–Kier alpha value is -2.42. The van der Waals surface area contributed by atoms with E-state index >= 15 is 0 Å². The van der Waals surface area contributed by atoms with Gasteiger partial charge < -0.3 is 9.15 Å². The van der Waals surface area contributed by atoms with Gasteiger partial charge in [0.25, 0.3) is 0 Å². The average Bonchev–Trinajstić information content (AvgIpc) is 3.31. The van der Waals surface area contributed by atoms with Crippen molar-refractivity contribution in [1.82, 2.24) is 4.72 Å². The van der Waals surface area contributed by atoms with Gasteiger partial charge in [-0.05, 0) is 48.9 Å². The zero-order valence-corrected chi connectivity index (χ0v) is 15.8. The first-order valence-corrected chi connectivity index (χ1v) is 10.0. The van der Waals surface area contributed by atoms with Crippen LogP contribution in [0.3, 0.4) is 0 Å². The first kappa shape index (κ1) is 18.4. The number of sulfonamides is 1. The Bertz CT molecular complexity index is 1020. The molecule has 0 amide bonds. The summed E-state index contributed by atoms with van der Waals surface area (Å²) in [6.07, 6.45) is 1.44. The zero-order chi connectivity index (χ0) is 18.7. The normalized spacial score (nSPS) is 11.5. The van der Waals surface area contributed by atoms with Gasteiger partial charge in [-0.3, -0.25) is 4.79 Å². The van der Waals surface area contributed by atoms with Crippen molar-refractivity contribution in [1.29, 1.82) is 0 Å². The van der Waals surface area contributed by atoms with Gasteiger partial charge in [-0.2, -0.15) is 0 Å². The van der Waals surface area contributed by atoms with E-state index < -0.39 is 10.0 Å². The lowest BCUT2D eigenvalue weighted by atomic mass is 10.2. The first-order valence-electron chi connectivity index (χ1n) is 7.72. The van der Waals surface area contributed by atoms with Crippen LogP contribution in [-0.2, 0) is 16.6 Å². The number of nitrogens with one attached hydrogen (secondary N) is 1. The van der Waals surface area contributed by atoms with Gasteiger partial charge >= 0.3 is 0 Å². The van der Waals surface area contributed by atoms with Crippen molar-refractivity contribution >= 4 is 27.1 Å². The van der Waals surface area contributed by atoms with Crippen molar-refractivity contribution in [2.75, 3.05) is 7.11 Å². The van der Waals surface area contributed by atoms with E-state index in [4.69, 9.17) is 9.15 Å². The van der Waals surface area contributed by atoms with Crippen LogP contribution in [0, 0.1) is 6.92 Å². The Kier molecular flexibility index (Phi) is 5.26. The Balaban J connectivity index is 1.75. The summed E-state index contributed by atoms with van der Waals surface area (Å²) < 4.78 is 38.0. The molecule has 1 aromatic carbocycles. The summed E-state index contributed by atoms with van der Waals surface area (Å²) >= 11 is 1.22. The van der Waals surface area contributed by atoms with E-state index in [-0.39, 0.29) is 28.7 Å². The maximum Gasteiger partial charge on any atom is 0.244 e. The fourth-order valence-corrected chi connectivity index (χ4v) is 4.60. The SMILES string of the molecule is COc1ccc(C)cc1S(=O)(=O)NCc1ccc(C(=O)c2ccco2)s1. The lowest BCUT2D eigenvalue weighted by molar-refractivity contribution is 0.101. The summed E-state index contributed by atoms with van der Waals surface area (Å²) in [5.41, 5.74) is 0.814. The molecule has 3 rings (SSSR count). The van der Waals surface area contributed by atoms with Gasteiger partial charge in [0.2, 0.25) is 15.8 Å². The van der Waals surface area contributed by atoms with Crippen LogP contribution in [0.4, 0.5) is 0 Å². The molecular weight excluding hydrogens is 374 g/mol. The second-order valence-electron chi connectivity index (χ2n) is 5.55. The molecule has 0 atom stereocenters. The molecule has 3 aromatic rings. The van der Waals surface area contributed by atoms with Crippen molar-refractivity contribution < 1.29 is 22.4 Å². The Morgan fingerprint density at radius 3 is 2.73 bits per heavy atom. The van der Waals surface area contributed by atoms with Gasteiger partial charge in [0, 0.05) is 11.4 Å². The number of carbonyl (C=O) groups excluding carboxylic acids is 1. The maximum atomic E-state index is 12.6. The van der Waals surface area contributed by atoms with Crippen LogP contribution >= 0.6 is 11.3 Å². The van der Waals surface area contributed by atoms with Gasteiger partial charge in [0.05, 0.1) is 18.3 Å². The number of hydrogen-bond acceptors (Lipinski definition) is 6. The number of methoxy groups -OCH3 is 1. The highest BCUT2D eigenvalue weighted by atomic mass is 32.2. The summed E-state index contributed by atoms with van der Waals surface area (Å²) in [4.78, 5) is 13.5. The second kappa shape index (κ2) is 7.45. The molecule has 1 N–H and O–H groups in total. The number of benzene rings is 1. The van der Waals surface area contributed by atoms with E-state index in [9.17, 15) is 13.2 Å². The quantitative estimate of drug-likeness (QED) is 0.624. The number of ether oxygens (including phenoxy) is 1. The molecule has 0 unspecified atom stereocenters. The summed E-state index contributed by atoms with van der Waals surface area (Å²) in [5.74, 6) is 0.306. The third kappa shape index (κ3) is 3.87. The second-order valence-corrected chi connectivity index (χ2v) is 8.45. The predicted octanol–water partition coefficient (Wildman–Crippen LogP) is 3.37. The number of rotatable bonds is 7. The van der Waals surface area contributed by atoms with Crippen LogP contribution in [-0.4, -0.2) is 21.3 Å². The summed E-state index contributed by atoms with van der Waals surface area (Å²) in [5, 5.41) is 0. The molecule has 0 fully saturated rings. The molecule has 2 heterocycles. The van der Waals surface area contributed by atoms with Crippen LogP contribution in [0.5, 0.6) is 5.75 Å². The van der Waals surface area contributed by atoms with E-state index in [1.54, 1.807) is 42.5 Å². The standard InChI is InChI=1S/C18H17NO5S2/c1-12-5-7-14(23-2)17(10-12)26(21,22)19-11-13-6-8-16(25-13)18(20)15-4-3-9-24-15/h3-10,19H,11H2,1-2H3. The van der Waals surface area contributed by atoms with Crippen LogP contribution < -0.4 is 9.46 Å². The molecule has 0 aliphatic rings. The molecule has 0 aliphatic heterocycles. The van der Waals surface area contributed by atoms with E-state index in [0.29, 0.717) is 4.88 Å². The minimum atomic E-state index is -3.75. The van der Waals surface area contributed by atoms with E-state index in [0.717, 1.165) is 10.4 Å². The van der Waals surface area contributed by atoms with Gasteiger partial charge in [-0.1, -0.05) is 6.07 Å². The van der Waals surface area contributed by atoms with Gasteiger partial charge in [0.15, 0.2) is 5.76 Å². The molecule has 0 aliphatic carbocycles. The number of aryl methyl sites for hydroxylation is 1. The fraction of sp³-hybridized carbons (Fsp3) is 0.167. The molecule has 136 valence electrons. The smallest absolute Gasteiger partial charge is 0.244 e. The molecule has 2 aromatic heterocycles. The van der Waals surface area contributed by atoms with Gasteiger partial charge in [-0.25, -0.2) is 13.1 Å². The van der Waals surface area contributed by atoms with Crippen molar-refractivity contribution in [2.45, 2.75) is 18.4 Å². The van der Waals surface area contributed by atoms with E-state index in [2.05, 4.69) is 4.72 Å². The molecule has 26 heavy (non-hydrogen) atoms. The topological polar surface area (TPSA) is 85.6 Å². The number of furan rings is 1. The van der Waals surface area contributed by atoms with Crippen LogP contribution in [0.25, 0.3) is 0 Å². The predicted molar refractivity (Wildman–Crippen MR) is 98.2 cm³/mol. The zero-order valence-electron chi connectivity index (χ0n) is 14.2. The minimum absolute atomic E-state index is 0.0789. The Labute approximate surface area is 155 Å². The molecule has 8 heteroatoms. The molecule has 0 radical (unpaired) electrons. The van der Waals surface area contributed by atoms with Crippen molar-refractivity contribution in [2.24, 2.45) is 0 Å². The fourth-order valence-electron chi connectivity index (χ4n) is 2.36. The van der Waals surface area contributed by atoms with Crippen molar-refractivity contribution in [3.63, 3.8) is 0 Å². The van der Waals surface area contributed by atoms with Crippen molar-refractivity contribution in [3.05, 3.63) is 69.8 Å². The molecular formula is C18H17NO5S2. The number of carbonyl (C=O) groups is 1. The number of thiophene rings is 1. The highest BCUT2D eigenvalue weighted by molar-refractivity contribution is 7.89. The molecule has 0 saturated heterocycles. The lowest BCUT2D eigenvalue weighted by Gasteiger charge is -2.11. The lowest BCUT2D eigenvalue weighted by Crippen LogP contribution is -2.23. The molecule has 0 spiro atoms. The van der Waals surface area contributed by atoms with E-state index in [1.807, 2.05) is 6.92 Å². The van der Waals surface area contributed by atoms with E-state index in [1.165, 1.54) is 24.7 Å². The largest absolute Gasteiger partial charge is 0.495 e. The first-order chi connectivity index (χ1) is 12.4. The third-order valence-corrected chi connectivity index (χ3v) is 6.18. The van der Waals surface area contributed by atoms with Crippen LogP contribution in [0.2, 0.25) is 0 Å². The highest BCUT2D eigenvalue weighted by Gasteiger charge is 2.20. The van der Waals surface area contributed by atoms with Crippen LogP contribution in [0.1, 0.15) is 25.9 Å². The maximum absolute atomic E-state index is 12.6. The summed E-state index contributed by atoms with van der Waals surface area (Å²) in [6, 6.07) is 11.6. The van der Waals surface area contributed by atoms with Gasteiger partial charge in [0.1, 0.15) is 10.6 Å². The van der Waals surface area contributed by atoms with Gasteiger partial charge in [-0.15, -0.1) is 11.3 Å². The van der Waals surface area contributed by atoms with Crippen LogP contribution in [0.15, 0.2) is 58.0 Å². The molecule has 0 bridgehead atoms. The Morgan fingerprint density at radius 1 is 1.23 bits per heavy atom. The molecule has 6 nitrogen and oxygen atoms in total. The number of hydrogen-bond donors (Lipinski definition) is 1. The Morgan fingerprint density at radius 2 is 2.04 bits per heavy atom. The summed E-state index contributed by atoms with van der Waals surface area (Å²) in [7, 11) is -2.32. The average molecular weight is 391 g/mol. The summed E-state index contributed by atoms with van der Waals surface area (Å²) in [6.45, 7) is 1.89. The highest BCUT2D eigenvalue weighted by Crippen LogP contribution is 2.25. The third-order valence-electron chi connectivity index (χ3n) is 3.68. The molecule has 0 saturated carbocycles. The number of ketones is 1. The monoisotopic (exact) mass is 391 g/mol.